The minimum Gasteiger partial charge on any atom is -0.481 e. The normalized spacial score (nSPS) is 23.8. The van der Waals surface area contributed by atoms with Gasteiger partial charge in [0, 0.05) is 4.47 Å². The highest BCUT2D eigenvalue weighted by atomic mass is 79.9. The Kier molecular flexibility index (Phi) is 2.77. The average molecular weight is 309 g/mol. The molecule has 0 aliphatic heterocycles. The lowest BCUT2D eigenvalue weighted by molar-refractivity contribution is -0.154. The highest BCUT2D eigenvalue weighted by molar-refractivity contribution is 9.10. The summed E-state index contributed by atoms with van der Waals surface area (Å²) in [6, 6.07) is 7.78. The third-order valence-electron chi connectivity index (χ3n) is 4.82. The van der Waals surface area contributed by atoms with Gasteiger partial charge in [0.1, 0.15) is 0 Å². The first-order valence-corrected chi connectivity index (χ1v) is 7.36. The Morgan fingerprint density at radius 2 is 1.78 bits per heavy atom. The molecule has 1 N–H and O–H groups in total. The molecule has 0 radical (unpaired) electrons. The highest BCUT2D eigenvalue weighted by Crippen LogP contribution is 2.63. The summed E-state index contributed by atoms with van der Waals surface area (Å²) in [5.41, 5.74) is 0.632. The third kappa shape index (κ3) is 1.63. The summed E-state index contributed by atoms with van der Waals surface area (Å²) in [4.78, 5) is 11.8. The Balaban J connectivity index is 1.96. The summed E-state index contributed by atoms with van der Waals surface area (Å²) in [5, 5.41) is 9.68. The van der Waals surface area contributed by atoms with Crippen molar-refractivity contribution in [1.82, 2.24) is 0 Å². The summed E-state index contributed by atoms with van der Waals surface area (Å²) in [7, 11) is 0. The first-order chi connectivity index (χ1) is 8.58. The Labute approximate surface area is 116 Å². The first kappa shape index (κ1) is 12.2. The second-order valence-corrected chi connectivity index (χ2v) is 6.78. The number of carbonyl (C=O) groups is 1. The van der Waals surface area contributed by atoms with Gasteiger partial charge in [0.05, 0.1) is 5.41 Å². The van der Waals surface area contributed by atoms with Crippen molar-refractivity contribution >= 4 is 21.9 Å². The van der Waals surface area contributed by atoms with Crippen LogP contribution < -0.4 is 0 Å². The van der Waals surface area contributed by atoms with Gasteiger partial charge in [-0.25, -0.2) is 0 Å². The van der Waals surface area contributed by atoms with Gasteiger partial charge in [0.15, 0.2) is 0 Å². The predicted molar refractivity (Wildman–Crippen MR) is 73.6 cm³/mol. The van der Waals surface area contributed by atoms with Gasteiger partial charge in [0.2, 0.25) is 0 Å². The molecule has 0 atom stereocenters. The van der Waals surface area contributed by atoms with E-state index < -0.39 is 11.4 Å². The van der Waals surface area contributed by atoms with Crippen LogP contribution >= 0.6 is 15.9 Å². The largest absolute Gasteiger partial charge is 0.481 e. The van der Waals surface area contributed by atoms with E-state index >= 15 is 0 Å². The van der Waals surface area contributed by atoms with Crippen molar-refractivity contribution in [1.29, 1.82) is 0 Å². The Morgan fingerprint density at radius 3 is 2.33 bits per heavy atom. The Bertz CT molecular complexity index is 481. The summed E-state index contributed by atoms with van der Waals surface area (Å²) in [6.07, 6.45) is 6.60. The third-order valence-corrected chi connectivity index (χ3v) is 5.51. The first-order valence-electron chi connectivity index (χ1n) is 6.57. The monoisotopic (exact) mass is 308 g/mol. The maximum atomic E-state index is 11.8. The number of carboxylic acid groups (broad SMARTS) is 1. The van der Waals surface area contributed by atoms with E-state index in [-0.39, 0.29) is 0 Å². The standard InChI is InChI=1S/C15H17BrO2/c16-12-6-2-1-5-11(12)15(13(17)18)9-14(10-15)7-3-4-8-14/h1-2,5-6H,3-4,7-10H2,(H,17,18). The molecule has 0 saturated heterocycles. The van der Waals surface area contributed by atoms with Crippen LogP contribution in [-0.2, 0) is 10.2 Å². The molecule has 2 aliphatic carbocycles. The number of rotatable bonds is 2. The molecule has 18 heavy (non-hydrogen) atoms. The van der Waals surface area contributed by atoms with Crippen LogP contribution in [0.2, 0.25) is 0 Å². The zero-order valence-corrected chi connectivity index (χ0v) is 11.9. The molecule has 1 spiro atoms. The Hall–Kier alpha value is -0.830. The molecule has 0 heterocycles. The molecular weight excluding hydrogens is 292 g/mol. The number of hydrogen-bond acceptors (Lipinski definition) is 1. The lowest BCUT2D eigenvalue weighted by Crippen LogP contribution is -2.53. The van der Waals surface area contributed by atoms with Crippen LogP contribution in [0.25, 0.3) is 0 Å². The number of halogens is 1. The molecule has 3 rings (SSSR count). The van der Waals surface area contributed by atoms with Gasteiger partial charge in [0.25, 0.3) is 0 Å². The van der Waals surface area contributed by atoms with Crippen molar-refractivity contribution in [3.8, 4) is 0 Å². The fraction of sp³-hybridized carbons (Fsp3) is 0.533. The predicted octanol–water partition coefficient (Wildman–Crippen LogP) is 4.13. The lowest BCUT2D eigenvalue weighted by Gasteiger charge is -2.53. The minimum atomic E-state index is -0.660. The van der Waals surface area contributed by atoms with E-state index in [1.165, 1.54) is 25.7 Å². The van der Waals surface area contributed by atoms with Gasteiger partial charge in [-0.1, -0.05) is 47.0 Å². The average Bonchev–Trinajstić information content (AvgIpc) is 2.76. The van der Waals surface area contributed by atoms with E-state index in [1.54, 1.807) is 0 Å². The summed E-state index contributed by atoms with van der Waals surface area (Å²) in [5.74, 6) is -0.660. The fourth-order valence-electron chi connectivity index (χ4n) is 4.01. The molecule has 1 aromatic carbocycles. The molecule has 2 saturated carbocycles. The van der Waals surface area contributed by atoms with E-state index in [1.807, 2.05) is 24.3 Å². The second kappa shape index (κ2) is 4.09. The van der Waals surface area contributed by atoms with Crippen LogP contribution in [0.15, 0.2) is 28.7 Å². The highest BCUT2D eigenvalue weighted by Gasteiger charge is 2.60. The van der Waals surface area contributed by atoms with Crippen LogP contribution in [-0.4, -0.2) is 11.1 Å². The van der Waals surface area contributed by atoms with Gasteiger partial charge < -0.3 is 5.11 Å². The van der Waals surface area contributed by atoms with E-state index in [4.69, 9.17) is 0 Å². The summed E-state index contributed by atoms with van der Waals surface area (Å²) >= 11 is 3.51. The number of aliphatic carboxylic acids is 1. The SMILES string of the molecule is O=C(O)C1(c2ccccc2Br)CC2(CCCC2)C1. The smallest absolute Gasteiger partial charge is 0.314 e. The van der Waals surface area contributed by atoms with Gasteiger partial charge in [-0.05, 0) is 42.7 Å². The van der Waals surface area contributed by atoms with Crippen LogP contribution in [0.4, 0.5) is 0 Å². The van der Waals surface area contributed by atoms with Crippen molar-refractivity contribution in [2.24, 2.45) is 5.41 Å². The van der Waals surface area contributed by atoms with Crippen molar-refractivity contribution in [2.75, 3.05) is 0 Å². The second-order valence-electron chi connectivity index (χ2n) is 5.93. The summed E-state index contributed by atoms with van der Waals surface area (Å²) in [6.45, 7) is 0. The number of carboxylic acids is 1. The zero-order chi connectivity index (χ0) is 12.8. The van der Waals surface area contributed by atoms with Crippen LogP contribution in [0.3, 0.4) is 0 Å². The molecule has 2 nitrogen and oxygen atoms in total. The molecule has 1 aromatic rings. The molecule has 2 fully saturated rings. The van der Waals surface area contributed by atoms with Crippen LogP contribution in [0.1, 0.15) is 44.1 Å². The van der Waals surface area contributed by atoms with E-state index in [0.717, 1.165) is 22.9 Å². The van der Waals surface area contributed by atoms with Crippen molar-refractivity contribution < 1.29 is 9.90 Å². The van der Waals surface area contributed by atoms with Gasteiger partial charge in [-0.15, -0.1) is 0 Å². The quantitative estimate of drug-likeness (QED) is 0.892. The Morgan fingerprint density at radius 1 is 1.17 bits per heavy atom. The van der Waals surface area contributed by atoms with Crippen LogP contribution in [0, 0.1) is 5.41 Å². The van der Waals surface area contributed by atoms with Crippen molar-refractivity contribution in [3.05, 3.63) is 34.3 Å². The molecule has 0 amide bonds. The maximum absolute atomic E-state index is 11.8. The van der Waals surface area contributed by atoms with E-state index in [2.05, 4.69) is 15.9 Å². The molecule has 0 unspecified atom stereocenters. The molecule has 0 aromatic heterocycles. The van der Waals surface area contributed by atoms with Gasteiger partial charge in [-0.3, -0.25) is 4.79 Å². The molecule has 0 bridgehead atoms. The van der Waals surface area contributed by atoms with E-state index in [0.29, 0.717) is 5.41 Å². The number of hydrogen-bond donors (Lipinski definition) is 1. The molecule has 3 heteroatoms. The summed E-state index contributed by atoms with van der Waals surface area (Å²) < 4.78 is 0.931. The topological polar surface area (TPSA) is 37.3 Å². The molecule has 2 aliphatic rings. The van der Waals surface area contributed by atoms with Crippen molar-refractivity contribution in [3.63, 3.8) is 0 Å². The molecule has 96 valence electrons. The van der Waals surface area contributed by atoms with Gasteiger partial charge >= 0.3 is 5.97 Å². The van der Waals surface area contributed by atoms with Crippen LogP contribution in [0.5, 0.6) is 0 Å². The van der Waals surface area contributed by atoms with Gasteiger partial charge in [-0.2, -0.15) is 0 Å². The van der Waals surface area contributed by atoms with Crippen molar-refractivity contribution in [2.45, 2.75) is 43.9 Å². The molecular formula is C15H17BrO2. The fourth-order valence-corrected chi connectivity index (χ4v) is 4.68. The lowest BCUT2D eigenvalue weighted by atomic mass is 9.49. The number of benzene rings is 1. The van der Waals surface area contributed by atoms with E-state index in [9.17, 15) is 9.90 Å². The minimum absolute atomic E-state index is 0.327. The maximum Gasteiger partial charge on any atom is 0.314 e. The zero-order valence-electron chi connectivity index (χ0n) is 10.3.